The average Bonchev–Trinajstić information content (AvgIpc) is 3.54. The maximum Gasteiger partial charge on any atom is 0.293 e. The van der Waals surface area contributed by atoms with Gasteiger partial charge in [0.05, 0.1) is 5.69 Å². The summed E-state index contributed by atoms with van der Waals surface area (Å²) >= 11 is 0. The van der Waals surface area contributed by atoms with Gasteiger partial charge in [0, 0.05) is 61.9 Å². The minimum atomic E-state index is -0.0150. The van der Waals surface area contributed by atoms with Crippen LogP contribution < -0.4 is 15.8 Å². The molecular weight excluding hydrogens is 354 g/mol. The summed E-state index contributed by atoms with van der Waals surface area (Å²) in [6, 6.07) is 8.19. The van der Waals surface area contributed by atoms with E-state index in [-0.39, 0.29) is 5.56 Å². The van der Waals surface area contributed by atoms with Crippen LogP contribution in [0.4, 0.5) is 11.6 Å². The number of pyridine rings is 1. The van der Waals surface area contributed by atoms with Gasteiger partial charge in [0.15, 0.2) is 11.6 Å². The molecule has 4 heterocycles. The van der Waals surface area contributed by atoms with Crippen molar-refractivity contribution in [1.82, 2.24) is 24.7 Å². The van der Waals surface area contributed by atoms with E-state index in [4.69, 9.17) is 0 Å². The first-order valence-corrected chi connectivity index (χ1v) is 9.58. The van der Waals surface area contributed by atoms with E-state index in [1.54, 1.807) is 29.4 Å². The molecule has 1 saturated heterocycles. The summed E-state index contributed by atoms with van der Waals surface area (Å²) in [7, 11) is 0. The molecule has 8 heteroatoms. The van der Waals surface area contributed by atoms with Gasteiger partial charge in [-0.25, -0.2) is 4.98 Å². The van der Waals surface area contributed by atoms with Crippen LogP contribution in [0.15, 0.2) is 53.8 Å². The molecule has 8 nitrogen and oxygen atoms in total. The summed E-state index contributed by atoms with van der Waals surface area (Å²) < 4.78 is 1.79. The molecule has 0 bridgehead atoms. The molecule has 1 N–H and O–H groups in total. The second-order valence-corrected chi connectivity index (χ2v) is 7.38. The molecular formula is C20H21N7O. The van der Waals surface area contributed by atoms with E-state index in [2.05, 4.69) is 30.4 Å². The van der Waals surface area contributed by atoms with Crippen molar-refractivity contribution in [3.63, 3.8) is 0 Å². The molecule has 0 spiro atoms. The third-order valence-electron chi connectivity index (χ3n) is 5.27. The monoisotopic (exact) mass is 375 g/mol. The molecule has 3 aromatic heterocycles. The highest BCUT2D eigenvalue weighted by Crippen LogP contribution is 2.33. The molecule has 2 aliphatic rings. The van der Waals surface area contributed by atoms with Crippen LogP contribution in [0.3, 0.4) is 0 Å². The molecule has 28 heavy (non-hydrogen) atoms. The van der Waals surface area contributed by atoms with Gasteiger partial charge in [0.25, 0.3) is 5.56 Å². The number of anilines is 2. The van der Waals surface area contributed by atoms with E-state index < -0.39 is 0 Å². The van der Waals surface area contributed by atoms with Crippen molar-refractivity contribution in [1.29, 1.82) is 0 Å². The molecule has 3 aromatic rings. The van der Waals surface area contributed by atoms with Crippen LogP contribution in [0.2, 0.25) is 0 Å². The predicted octanol–water partition coefficient (Wildman–Crippen LogP) is 1.98. The standard InChI is InChI=1S/C20H21N7O/c28-20-19(22-9-10-27(20)16-1-2-16)23-11-14-12-26(13-14)18-4-3-17(24-25-18)15-5-7-21-8-6-15/h3-10,14,16H,1-2,11-13H2,(H,22,23). The van der Waals surface area contributed by atoms with Crippen LogP contribution in [-0.4, -0.2) is 44.4 Å². The Labute approximate surface area is 162 Å². The summed E-state index contributed by atoms with van der Waals surface area (Å²) in [6.45, 7) is 2.51. The van der Waals surface area contributed by atoms with Crippen molar-refractivity contribution in [3.05, 3.63) is 59.4 Å². The summed E-state index contributed by atoms with van der Waals surface area (Å²) in [5.41, 5.74) is 1.83. The van der Waals surface area contributed by atoms with Crippen molar-refractivity contribution >= 4 is 11.6 Å². The molecule has 1 aliphatic heterocycles. The van der Waals surface area contributed by atoms with Gasteiger partial charge < -0.3 is 14.8 Å². The fourth-order valence-electron chi connectivity index (χ4n) is 3.48. The third-order valence-corrected chi connectivity index (χ3v) is 5.27. The van der Waals surface area contributed by atoms with Crippen molar-refractivity contribution < 1.29 is 0 Å². The molecule has 0 unspecified atom stereocenters. The Hall–Kier alpha value is -3.29. The van der Waals surface area contributed by atoms with E-state index in [1.165, 1.54) is 0 Å². The summed E-state index contributed by atoms with van der Waals surface area (Å²) in [4.78, 5) is 22.8. The van der Waals surface area contributed by atoms with E-state index in [1.807, 2.05) is 24.3 Å². The maximum absolute atomic E-state index is 12.4. The zero-order valence-corrected chi connectivity index (χ0v) is 15.4. The second kappa shape index (κ2) is 7.03. The van der Waals surface area contributed by atoms with Gasteiger partial charge in [0.2, 0.25) is 0 Å². The molecule has 0 amide bonds. The Morgan fingerprint density at radius 3 is 2.57 bits per heavy atom. The highest BCUT2D eigenvalue weighted by molar-refractivity contribution is 5.59. The number of nitrogens with zero attached hydrogens (tertiary/aromatic N) is 6. The average molecular weight is 375 g/mol. The van der Waals surface area contributed by atoms with Crippen LogP contribution in [0, 0.1) is 5.92 Å². The fourth-order valence-corrected chi connectivity index (χ4v) is 3.48. The minimum Gasteiger partial charge on any atom is -0.365 e. The lowest BCUT2D eigenvalue weighted by atomic mass is 10.0. The van der Waals surface area contributed by atoms with E-state index >= 15 is 0 Å². The Bertz CT molecular complexity index is 1010. The summed E-state index contributed by atoms with van der Waals surface area (Å²) in [6.07, 6.45) is 9.15. The number of rotatable bonds is 6. The Morgan fingerprint density at radius 1 is 1.04 bits per heavy atom. The van der Waals surface area contributed by atoms with Gasteiger partial charge in [-0.3, -0.25) is 9.78 Å². The summed E-state index contributed by atoms with van der Waals surface area (Å²) in [5, 5.41) is 11.9. The van der Waals surface area contributed by atoms with Gasteiger partial charge in [-0.2, -0.15) is 0 Å². The largest absolute Gasteiger partial charge is 0.365 e. The lowest BCUT2D eigenvalue weighted by molar-refractivity contribution is 0.425. The first kappa shape index (κ1) is 16.9. The topological polar surface area (TPSA) is 88.8 Å². The quantitative estimate of drug-likeness (QED) is 0.705. The molecule has 2 fully saturated rings. The fraction of sp³-hybridized carbons (Fsp3) is 0.350. The van der Waals surface area contributed by atoms with Crippen molar-refractivity contribution in [2.45, 2.75) is 18.9 Å². The third kappa shape index (κ3) is 3.33. The number of hydrogen-bond donors (Lipinski definition) is 1. The van der Waals surface area contributed by atoms with Crippen LogP contribution in [-0.2, 0) is 0 Å². The smallest absolute Gasteiger partial charge is 0.293 e. The predicted molar refractivity (Wildman–Crippen MR) is 106 cm³/mol. The number of hydrogen-bond acceptors (Lipinski definition) is 7. The Balaban J connectivity index is 1.16. The first-order chi connectivity index (χ1) is 13.8. The molecule has 1 saturated carbocycles. The number of aromatic nitrogens is 5. The minimum absolute atomic E-state index is 0.0150. The van der Waals surface area contributed by atoms with Crippen molar-refractivity contribution in [2.24, 2.45) is 5.92 Å². The lowest BCUT2D eigenvalue weighted by Crippen LogP contribution is -2.50. The van der Waals surface area contributed by atoms with Crippen LogP contribution in [0.5, 0.6) is 0 Å². The van der Waals surface area contributed by atoms with Crippen LogP contribution >= 0.6 is 0 Å². The van der Waals surface area contributed by atoms with Gasteiger partial charge in [-0.15, -0.1) is 10.2 Å². The van der Waals surface area contributed by atoms with Gasteiger partial charge in [-0.05, 0) is 37.1 Å². The second-order valence-electron chi connectivity index (χ2n) is 7.38. The summed E-state index contributed by atoms with van der Waals surface area (Å²) in [5.74, 6) is 1.79. The van der Waals surface area contributed by atoms with Crippen molar-refractivity contribution in [2.75, 3.05) is 29.9 Å². The van der Waals surface area contributed by atoms with E-state index in [0.29, 0.717) is 17.8 Å². The molecule has 5 rings (SSSR count). The van der Waals surface area contributed by atoms with Gasteiger partial charge in [-0.1, -0.05) is 0 Å². The SMILES string of the molecule is O=c1c(NCC2CN(c3ccc(-c4ccncc4)nn3)C2)nccn1C1CC1. The van der Waals surface area contributed by atoms with Gasteiger partial charge in [0.1, 0.15) is 0 Å². The van der Waals surface area contributed by atoms with Crippen LogP contribution in [0.25, 0.3) is 11.3 Å². The van der Waals surface area contributed by atoms with E-state index in [9.17, 15) is 4.79 Å². The highest BCUT2D eigenvalue weighted by atomic mass is 16.1. The molecule has 0 aromatic carbocycles. The molecule has 0 atom stereocenters. The Morgan fingerprint density at radius 2 is 1.86 bits per heavy atom. The first-order valence-electron chi connectivity index (χ1n) is 9.58. The van der Waals surface area contributed by atoms with Crippen LogP contribution in [0.1, 0.15) is 18.9 Å². The molecule has 0 radical (unpaired) electrons. The zero-order valence-electron chi connectivity index (χ0n) is 15.4. The lowest BCUT2D eigenvalue weighted by Gasteiger charge is -2.40. The normalized spacial score (nSPS) is 16.6. The maximum atomic E-state index is 12.4. The molecule has 142 valence electrons. The zero-order chi connectivity index (χ0) is 18.9. The number of nitrogens with one attached hydrogen (secondary N) is 1. The highest BCUT2D eigenvalue weighted by Gasteiger charge is 2.29. The molecule has 1 aliphatic carbocycles. The van der Waals surface area contributed by atoms with Gasteiger partial charge >= 0.3 is 0 Å². The Kier molecular flexibility index (Phi) is 4.23. The van der Waals surface area contributed by atoms with Crippen molar-refractivity contribution in [3.8, 4) is 11.3 Å². The van der Waals surface area contributed by atoms with E-state index in [0.717, 1.165) is 49.6 Å².